The van der Waals surface area contributed by atoms with Crippen LogP contribution in [-0.2, 0) is 0 Å². The smallest absolute Gasteiger partial charge is 0.307 e. The van der Waals surface area contributed by atoms with Crippen LogP contribution in [0.1, 0.15) is 0 Å². The van der Waals surface area contributed by atoms with E-state index in [1.807, 2.05) is 48.5 Å². The number of ether oxygens (including phenoxy) is 1. The molecule has 1 aromatic heterocycles. The normalized spacial score (nSPS) is 10.3. The summed E-state index contributed by atoms with van der Waals surface area (Å²) in [4.78, 5) is 11.8. The van der Waals surface area contributed by atoms with Crippen LogP contribution in [0.15, 0.2) is 65.5 Å². The molecule has 4 nitrogen and oxygen atoms in total. The number of aromatic nitrogens is 2. The molecule has 4 heteroatoms. The van der Waals surface area contributed by atoms with Crippen molar-refractivity contribution >= 4 is 0 Å². The second kappa shape index (κ2) is 4.86. The van der Waals surface area contributed by atoms with Crippen LogP contribution in [0.25, 0.3) is 11.3 Å². The molecule has 2 aromatic carbocycles. The monoisotopic (exact) mass is 252 g/mol. The SMILES string of the molecule is O=c1[nH][nH]c(-c2ccccc2)c1Oc1ccccc1. The van der Waals surface area contributed by atoms with Crippen molar-refractivity contribution < 1.29 is 4.74 Å². The molecule has 3 aromatic rings. The highest BCUT2D eigenvalue weighted by molar-refractivity contribution is 5.65. The van der Waals surface area contributed by atoms with Crippen LogP contribution in [0.5, 0.6) is 11.5 Å². The minimum Gasteiger partial charge on any atom is -0.449 e. The fourth-order valence-corrected chi connectivity index (χ4v) is 1.86. The zero-order valence-electron chi connectivity index (χ0n) is 10.1. The van der Waals surface area contributed by atoms with Gasteiger partial charge in [0, 0.05) is 5.56 Å². The lowest BCUT2D eigenvalue weighted by Gasteiger charge is -2.05. The van der Waals surface area contributed by atoms with Crippen molar-refractivity contribution in [1.29, 1.82) is 0 Å². The molecule has 2 N–H and O–H groups in total. The summed E-state index contributed by atoms with van der Waals surface area (Å²) in [7, 11) is 0. The highest BCUT2D eigenvalue weighted by Crippen LogP contribution is 2.27. The molecule has 0 amide bonds. The first-order valence-electron chi connectivity index (χ1n) is 5.93. The Balaban J connectivity index is 2.03. The van der Waals surface area contributed by atoms with E-state index in [0.29, 0.717) is 11.4 Å². The van der Waals surface area contributed by atoms with Crippen molar-refractivity contribution in [3.63, 3.8) is 0 Å². The Morgan fingerprint density at radius 2 is 1.42 bits per heavy atom. The molecule has 0 spiro atoms. The molecule has 0 fully saturated rings. The lowest BCUT2D eigenvalue weighted by atomic mass is 10.1. The summed E-state index contributed by atoms with van der Waals surface area (Å²) < 4.78 is 5.66. The van der Waals surface area contributed by atoms with Gasteiger partial charge >= 0.3 is 5.56 Å². The third kappa shape index (κ3) is 2.28. The number of rotatable bonds is 3. The third-order valence-corrected chi connectivity index (χ3v) is 2.76. The predicted molar refractivity (Wildman–Crippen MR) is 73.4 cm³/mol. The van der Waals surface area contributed by atoms with Gasteiger partial charge in [-0.1, -0.05) is 48.5 Å². The summed E-state index contributed by atoms with van der Waals surface area (Å²) in [6.45, 7) is 0. The fraction of sp³-hybridized carbons (Fsp3) is 0. The zero-order chi connectivity index (χ0) is 13.1. The minimum atomic E-state index is -0.275. The molecular formula is C15H12N2O2. The van der Waals surface area contributed by atoms with Crippen LogP contribution in [0.3, 0.4) is 0 Å². The highest BCUT2D eigenvalue weighted by Gasteiger charge is 2.13. The Kier molecular flexibility index (Phi) is 2.90. The lowest BCUT2D eigenvalue weighted by molar-refractivity contribution is 0.480. The molecule has 0 aliphatic carbocycles. The van der Waals surface area contributed by atoms with Gasteiger partial charge in [-0.25, -0.2) is 0 Å². The summed E-state index contributed by atoms with van der Waals surface area (Å²) in [5, 5.41) is 5.40. The molecule has 19 heavy (non-hydrogen) atoms. The van der Waals surface area contributed by atoms with Crippen LogP contribution in [-0.4, -0.2) is 10.2 Å². The third-order valence-electron chi connectivity index (χ3n) is 2.76. The molecule has 0 saturated heterocycles. The number of hydrogen-bond donors (Lipinski definition) is 2. The number of H-pyrrole nitrogens is 2. The van der Waals surface area contributed by atoms with Gasteiger partial charge in [0.15, 0.2) is 0 Å². The average molecular weight is 252 g/mol. The Morgan fingerprint density at radius 1 is 0.789 bits per heavy atom. The summed E-state index contributed by atoms with van der Waals surface area (Å²) in [5.74, 6) is 0.905. The molecule has 0 aliphatic heterocycles. The van der Waals surface area contributed by atoms with E-state index >= 15 is 0 Å². The van der Waals surface area contributed by atoms with Gasteiger partial charge in [0.05, 0.1) is 0 Å². The highest BCUT2D eigenvalue weighted by atomic mass is 16.5. The first kappa shape index (κ1) is 11.3. The molecule has 0 atom stereocenters. The van der Waals surface area contributed by atoms with E-state index in [1.54, 1.807) is 12.1 Å². The summed E-state index contributed by atoms with van der Waals surface area (Å²) >= 11 is 0. The molecule has 0 unspecified atom stereocenters. The fourth-order valence-electron chi connectivity index (χ4n) is 1.86. The largest absolute Gasteiger partial charge is 0.449 e. The standard InChI is InChI=1S/C15H12N2O2/c18-15-14(19-12-9-5-2-6-10-12)13(16-17-15)11-7-3-1-4-8-11/h1-10H,(H2,16,17,18). The predicted octanol–water partition coefficient (Wildman–Crippen LogP) is 3.16. The first-order chi connectivity index (χ1) is 9.34. The Bertz CT molecular complexity index is 715. The van der Waals surface area contributed by atoms with E-state index in [-0.39, 0.29) is 11.3 Å². The molecule has 3 rings (SSSR count). The van der Waals surface area contributed by atoms with Gasteiger partial charge in [0.2, 0.25) is 5.75 Å². The van der Waals surface area contributed by atoms with Crippen molar-refractivity contribution in [3.05, 3.63) is 71.0 Å². The maximum atomic E-state index is 11.8. The van der Waals surface area contributed by atoms with Crippen molar-refractivity contribution in [2.24, 2.45) is 0 Å². The van der Waals surface area contributed by atoms with Crippen LogP contribution in [0.4, 0.5) is 0 Å². The number of nitrogens with one attached hydrogen (secondary N) is 2. The van der Waals surface area contributed by atoms with Gasteiger partial charge in [0.1, 0.15) is 11.4 Å². The maximum Gasteiger partial charge on any atom is 0.307 e. The number of aromatic amines is 2. The van der Waals surface area contributed by atoms with Gasteiger partial charge < -0.3 is 4.74 Å². The van der Waals surface area contributed by atoms with Crippen LogP contribution in [0, 0.1) is 0 Å². The summed E-state index contributed by atoms with van der Waals surface area (Å²) in [6.07, 6.45) is 0. The zero-order valence-corrected chi connectivity index (χ0v) is 10.1. The molecule has 1 heterocycles. The van der Waals surface area contributed by atoms with Gasteiger partial charge in [0.25, 0.3) is 0 Å². The van der Waals surface area contributed by atoms with E-state index in [1.165, 1.54) is 0 Å². The van der Waals surface area contributed by atoms with Crippen molar-refractivity contribution in [1.82, 2.24) is 10.2 Å². The van der Waals surface area contributed by atoms with E-state index < -0.39 is 0 Å². The van der Waals surface area contributed by atoms with Crippen molar-refractivity contribution in [2.45, 2.75) is 0 Å². The van der Waals surface area contributed by atoms with Crippen LogP contribution >= 0.6 is 0 Å². The molecule has 0 radical (unpaired) electrons. The van der Waals surface area contributed by atoms with Crippen molar-refractivity contribution in [2.75, 3.05) is 0 Å². The average Bonchev–Trinajstić information content (AvgIpc) is 2.82. The second-order valence-corrected chi connectivity index (χ2v) is 4.06. The van der Waals surface area contributed by atoms with Crippen LogP contribution < -0.4 is 10.3 Å². The Morgan fingerprint density at radius 3 is 2.11 bits per heavy atom. The molecular weight excluding hydrogens is 240 g/mol. The van der Waals surface area contributed by atoms with Crippen molar-refractivity contribution in [3.8, 4) is 22.8 Å². The van der Waals surface area contributed by atoms with E-state index in [4.69, 9.17) is 4.74 Å². The number of hydrogen-bond acceptors (Lipinski definition) is 2. The molecule has 0 aliphatic rings. The lowest BCUT2D eigenvalue weighted by Crippen LogP contribution is -2.02. The van der Waals surface area contributed by atoms with Gasteiger partial charge in [-0.15, -0.1) is 0 Å². The summed E-state index contributed by atoms with van der Waals surface area (Å²) in [6, 6.07) is 18.8. The first-order valence-corrected chi connectivity index (χ1v) is 5.93. The quantitative estimate of drug-likeness (QED) is 0.752. The molecule has 0 bridgehead atoms. The molecule has 94 valence electrons. The van der Waals surface area contributed by atoms with E-state index in [2.05, 4.69) is 10.2 Å². The van der Waals surface area contributed by atoms with Gasteiger partial charge in [-0.05, 0) is 12.1 Å². The van der Waals surface area contributed by atoms with E-state index in [9.17, 15) is 4.79 Å². The Labute approximate surface area is 109 Å². The van der Waals surface area contributed by atoms with Gasteiger partial charge in [-0.3, -0.25) is 15.0 Å². The van der Waals surface area contributed by atoms with Crippen LogP contribution in [0.2, 0.25) is 0 Å². The molecule has 0 saturated carbocycles. The topological polar surface area (TPSA) is 57.9 Å². The summed E-state index contributed by atoms with van der Waals surface area (Å²) in [5.41, 5.74) is 1.27. The maximum absolute atomic E-state index is 11.8. The second-order valence-electron chi connectivity index (χ2n) is 4.06. The number of para-hydroxylation sites is 1. The number of benzene rings is 2. The van der Waals surface area contributed by atoms with E-state index in [0.717, 1.165) is 5.56 Å². The Hall–Kier alpha value is -2.75. The minimum absolute atomic E-state index is 0.275. The van der Waals surface area contributed by atoms with Gasteiger partial charge in [-0.2, -0.15) is 0 Å².